The van der Waals surface area contributed by atoms with Crippen molar-refractivity contribution in [2.45, 2.75) is 65.3 Å². The van der Waals surface area contributed by atoms with Crippen LogP contribution >= 0.6 is 0 Å². The van der Waals surface area contributed by atoms with Crippen LogP contribution in [0, 0.1) is 0 Å². The molecule has 1 aromatic rings. The van der Waals surface area contributed by atoms with Crippen LogP contribution in [0.15, 0.2) is 0 Å². The number of carbonyl (C=O) groups excluding carboxylic acids is 1. The van der Waals surface area contributed by atoms with Crippen LogP contribution in [0.2, 0.25) is 0 Å². The summed E-state index contributed by atoms with van der Waals surface area (Å²) in [6.07, 6.45) is 1.51. The fourth-order valence-electron chi connectivity index (χ4n) is 2.99. The monoisotopic (exact) mass is 309 g/mol. The molecule has 1 amide bonds. The summed E-state index contributed by atoms with van der Waals surface area (Å²) >= 11 is 0. The summed E-state index contributed by atoms with van der Waals surface area (Å²) in [6, 6.07) is 0. The Labute approximate surface area is 131 Å². The Hall–Kier alpha value is -1.40. The predicted molar refractivity (Wildman–Crippen MR) is 83.7 cm³/mol. The van der Waals surface area contributed by atoms with E-state index in [1.165, 1.54) is 0 Å². The number of aromatic amines is 1. The minimum absolute atomic E-state index is 0.0700. The van der Waals surface area contributed by atoms with Crippen molar-refractivity contribution in [3.05, 3.63) is 17.0 Å². The van der Waals surface area contributed by atoms with Gasteiger partial charge in [-0.05, 0) is 34.1 Å². The van der Waals surface area contributed by atoms with E-state index in [-0.39, 0.29) is 18.1 Å². The predicted octanol–water partition coefficient (Wildman–Crippen LogP) is 2.06. The summed E-state index contributed by atoms with van der Waals surface area (Å²) in [6.45, 7) is 10.3. The Morgan fingerprint density at radius 2 is 2.18 bits per heavy atom. The Balaban J connectivity index is 2.28. The van der Waals surface area contributed by atoms with Gasteiger partial charge in [-0.2, -0.15) is 5.10 Å². The van der Waals surface area contributed by atoms with Gasteiger partial charge in [0.2, 0.25) is 0 Å². The second kappa shape index (κ2) is 6.38. The third-order valence-electron chi connectivity index (χ3n) is 3.79. The van der Waals surface area contributed by atoms with Gasteiger partial charge in [-0.25, -0.2) is 0 Å². The van der Waals surface area contributed by atoms with Crippen LogP contribution in [-0.2, 0) is 11.2 Å². The average molecular weight is 309 g/mol. The molecular formula is C16H27N3O3. The lowest BCUT2D eigenvalue weighted by Gasteiger charge is -2.29. The first-order chi connectivity index (χ1) is 10.2. The molecule has 0 saturated heterocycles. The summed E-state index contributed by atoms with van der Waals surface area (Å²) in [4.78, 5) is 14.5. The smallest absolute Gasteiger partial charge is 0.274 e. The molecule has 2 N–H and O–H groups in total. The maximum absolute atomic E-state index is 12.9. The fourth-order valence-corrected chi connectivity index (χ4v) is 2.99. The minimum atomic E-state index is -0.926. The molecule has 0 aromatic carbocycles. The average Bonchev–Trinajstić information content (AvgIpc) is 2.79. The molecular weight excluding hydrogens is 282 g/mol. The van der Waals surface area contributed by atoms with Gasteiger partial charge >= 0.3 is 0 Å². The number of hydrogen-bond acceptors (Lipinski definition) is 4. The molecule has 124 valence electrons. The third-order valence-corrected chi connectivity index (χ3v) is 3.79. The van der Waals surface area contributed by atoms with Gasteiger partial charge in [-0.1, -0.05) is 6.92 Å². The highest BCUT2D eigenvalue weighted by molar-refractivity contribution is 5.94. The number of ether oxygens (including phenoxy) is 1. The molecule has 0 aliphatic carbocycles. The Kier molecular flexibility index (Phi) is 4.92. The maximum atomic E-state index is 12.9. The van der Waals surface area contributed by atoms with Crippen molar-refractivity contribution in [3.8, 4) is 0 Å². The molecule has 1 aromatic heterocycles. The molecule has 0 saturated carbocycles. The molecule has 1 aliphatic rings. The van der Waals surface area contributed by atoms with E-state index in [1.807, 2.05) is 20.8 Å². The van der Waals surface area contributed by atoms with Crippen molar-refractivity contribution < 1.29 is 14.6 Å². The zero-order chi connectivity index (χ0) is 16.5. The highest BCUT2D eigenvalue weighted by atomic mass is 16.5. The topological polar surface area (TPSA) is 78.5 Å². The second-order valence-electron chi connectivity index (χ2n) is 6.80. The zero-order valence-corrected chi connectivity index (χ0v) is 14.1. The summed E-state index contributed by atoms with van der Waals surface area (Å²) in [5.74, 6) is -0.122. The summed E-state index contributed by atoms with van der Waals surface area (Å²) in [5.41, 5.74) is 1.38. The highest BCUT2D eigenvalue weighted by Gasteiger charge is 2.32. The number of aliphatic hydroxyl groups is 1. The first-order valence-corrected chi connectivity index (χ1v) is 7.97. The fraction of sp³-hybridized carbons (Fsp3) is 0.750. The number of amides is 1. The number of hydrogen-bond donors (Lipinski definition) is 2. The van der Waals surface area contributed by atoms with Crippen molar-refractivity contribution in [2.24, 2.45) is 0 Å². The van der Waals surface area contributed by atoms with Gasteiger partial charge in [-0.3, -0.25) is 9.89 Å². The molecule has 0 unspecified atom stereocenters. The zero-order valence-electron chi connectivity index (χ0n) is 14.1. The quantitative estimate of drug-likeness (QED) is 0.872. The van der Waals surface area contributed by atoms with Crippen LogP contribution in [0.25, 0.3) is 0 Å². The highest BCUT2D eigenvalue weighted by Crippen LogP contribution is 2.30. The summed E-state index contributed by atoms with van der Waals surface area (Å²) in [5, 5.41) is 17.2. The molecule has 2 rings (SSSR count). The first kappa shape index (κ1) is 17.0. The summed E-state index contributed by atoms with van der Waals surface area (Å²) < 4.78 is 5.76. The number of nitrogens with zero attached hydrogens (tertiary/aromatic N) is 2. The van der Waals surface area contributed by atoms with E-state index in [2.05, 4.69) is 10.2 Å². The lowest BCUT2D eigenvalue weighted by molar-refractivity contribution is -0.00712. The standard InChI is InChI=1S/C16H27N3O3/c1-6-7-19(9-16(4,5)21)15(20)14-12-8-10(2)22-11(3)13(12)17-18-14/h10-11,21H,6-9H2,1-5H3,(H,17,18)/t10-,11+/m0/s1. The van der Waals surface area contributed by atoms with E-state index in [1.54, 1.807) is 18.7 Å². The van der Waals surface area contributed by atoms with Gasteiger partial charge in [-0.15, -0.1) is 0 Å². The van der Waals surface area contributed by atoms with Gasteiger partial charge in [0.15, 0.2) is 5.69 Å². The van der Waals surface area contributed by atoms with Gasteiger partial charge < -0.3 is 14.7 Å². The third kappa shape index (κ3) is 3.67. The number of aromatic nitrogens is 2. The van der Waals surface area contributed by atoms with Crippen molar-refractivity contribution >= 4 is 5.91 Å². The van der Waals surface area contributed by atoms with Crippen molar-refractivity contribution in [1.29, 1.82) is 0 Å². The maximum Gasteiger partial charge on any atom is 0.274 e. The molecule has 0 fully saturated rings. The van der Waals surface area contributed by atoms with Gasteiger partial charge in [0, 0.05) is 25.1 Å². The molecule has 6 nitrogen and oxygen atoms in total. The van der Waals surface area contributed by atoms with Crippen molar-refractivity contribution in [2.75, 3.05) is 13.1 Å². The van der Waals surface area contributed by atoms with Crippen LogP contribution in [0.4, 0.5) is 0 Å². The number of fused-ring (bicyclic) bond motifs is 1. The number of nitrogens with one attached hydrogen (secondary N) is 1. The second-order valence-corrected chi connectivity index (χ2v) is 6.80. The van der Waals surface area contributed by atoms with E-state index in [9.17, 15) is 9.90 Å². The molecule has 0 spiro atoms. The number of H-pyrrole nitrogens is 1. The van der Waals surface area contributed by atoms with Crippen LogP contribution in [0.3, 0.4) is 0 Å². The van der Waals surface area contributed by atoms with Crippen LogP contribution in [-0.4, -0.2) is 50.9 Å². The van der Waals surface area contributed by atoms with Crippen LogP contribution in [0.5, 0.6) is 0 Å². The van der Waals surface area contributed by atoms with Crippen molar-refractivity contribution in [3.63, 3.8) is 0 Å². The lowest BCUT2D eigenvalue weighted by Crippen LogP contribution is -2.43. The Morgan fingerprint density at radius 3 is 2.77 bits per heavy atom. The first-order valence-electron chi connectivity index (χ1n) is 7.97. The van der Waals surface area contributed by atoms with Gasteiger partial charge in [0.25, 0.3) is 5.91 Å². The largest absolute Gasteiger partial charge is 0.389 e. The van der Waals surface area contributed by atoms with Crippen LogP contribution < -0.4 is 0 Å². The molecule has 2 atom stereocenters. The molecule has 0 radical (unpaired) electrons. The van der Waals surface area contributed by atoms with E-state index in [0.717, 1.165) is 17.7 Å². The van der Waals surface area contributed by atoms with Crippen molar-refractivity contribution in [1.82, 2.24) is 15.1 Å². The lowest BCUT2D eigenvalue weighted by atomic mass is 9.99. The molecule has 22 heavy (non-hydrogen) atoms. The molecule has 2 heterocycles. The Morgan fingerprint density at radius 1 is 1.50 bits per heavy atom. The number of rotatable bonds is 5. The normalized spacial score (nSPS) is 21.5. The minimum Gasteiger partial charge on any atom is -0.389 e. The van der Waals surface area contributed by atoms with Gasteiger partial charge in [0.1, 0.15) is 0 Å². The summed E-state index contributed by atoms with van der Waals surface area (Å²) in [7, 11) is 0. The molecule has 1 aliphatic heterocycles. The molecule has 6 heteroatoms. The number of carbonyl (C=O) groups is 1. The van der Waals surface area contributed by atoms with E-state index in [4.69, 9.17) is 4.74 Å². The van der Waals surface area contributed by atoms with E-state index in [0.29, 0.717) is 25.2 Å². The Bertz CT molecular complexity index is 533. The van der Waals surface area contributed by atoms with Crippen LogP contribution in [0.1, 0.15) is 68.9 Å². The van der Waals surface area contributed by atoms with Gasteiger partial charge in [0.05, 0.1) is 23.5 Å². The van der Waals surface area contributed by atoms with E-state index < -0.39 is 5.60 Å². The SMILES string of the molecule is CCCN(CC(C)(C)O)C(=O)c1n[nH]c2c1C[C@H](C)O[C@@H]2C. The van der Waals surface area contributed by atoms with E-state index >= 15 is 0 Å². The molecule has 0 bridgehead atoms.